The minimum atomic E-state index is 0.0669. The highest BCUT2D eigenvalue weighted by molar-refractivity contribution is 5.94. The van der Waals surface area contributed by atoms with Crippen LogP contribution < -0.4 is 0 Å². The van der Waals surface area contributed by atoms with Crippen molar-refractivity contribution in [1.82, 2.24) is 25.3 Å². The van der Waals surface area contributed by atoms with Gasteiger partial charge in [-0.15, -0.1) is 0 Å². The summed E-state index contributed by atoms with van der Waals surface area (Å²) in [7, 11) is 0. The smallest absolute Gasteiger partial charge is 0.270 e. The third kappa shape index (κ3) is 1.82. The second kappa shape index (κ2) is 4.04. The number of aromatic nitrogens is 4. The van der Waals surface area contributed by atoms with Gasteiger partial charge in [-0.2, -0.15) is 15.4 Å². The number of rotatable bonds is 2. The van der Waals surface area contributed by atoms with Gasteiger partial charge in [-0.1, -0.05) is 0 Å². The summed E-state index contributed by atoms with van der Waals surface area (Å²) in [6.45, 7) is 1.72. The topological polar surface area (TPSA) is 77.7 Å². The Kier molecular flexibility index (Phi) is 2.40. The van der Waals surface area contributed by atoms with E-state index in [0.29, 0.717) is 5.69 Å². The van der Waals surface area contributed by atoms with Crippen LogP contribution in [0.2, 0.25) is 0 Å². The van der Waals surface area contributed by atoms with E-state index in [2.05, 4.69) is 20.4 Å². The van der Waals surface area contributed by atoms with Gasteiger partial charge >= 0.3 is 0 Å². The predicted octanol–water partition coefficient (Wildman–Crippen LogP) is 1.04. The number of hydrogen-bond acceptors (Lipinski definition) is 3. The average molecular weight is 231 g/mol. The fourth-order valence-electron chi connectivity index (χ4n) is 2.10. The first kappa shape index (κ1) is 10.1. The lowest BCUT2D eigenvalue weighted by Gasteiger charge is -2.13. The Balaban J connectivity index is 1.82. The first-order chi connectivity index (χ1) is 8.34. The molecule has 0 unspecified atom stereocenters. The highest BCUT2D eigenvalue weighted by Crippen LogP contribution is 2.18. The molecule has 6 nitrogen and oxygen atoms in total. The molecule has 0 aromatic carbocycles. The summed E-state index contributed by atoms with van der Waals surface area (Å²) in [5.41, 5.74) is 2.23. The van der Waals surface area contributed by atoms with Crippen LogP contribution in [-0.4, -0.2) is 44.3 Å². The molecule has 6 heteroatoms. The summed E-state index contributed by atoms with van der Waals surface area (Å²) in [6, 6.07) is 1.82. The van der Waals surface area contributed by atoms with Gasteiger partial charge in [-0.25, -0.2) is 0 Å². The maximum absolute atomic E-state index is 12.1. The summed E-state index contributed by atoms with van der Waals surface area (Å²) in [6.07, 6.45) is 5.61. The number of H-pyrrole nitrogens is 2. The molecule has 0 atom stereocenters. The third-order valence-electron chi connectivity index (χ3n) is 3.02. The van der Waals surface area contributed by atoms with E-state index in [1.807, 2.05) is 11.0 Å². The molecule has 3 heterocycles. The van der Waals surface area contributed by atoms with Crippen LogP contribution in [0.1, 0.15) is 23.3 Å². The van der Waals surface area contributed by atoms with Crippen molar-refractivity contribution >= 4 is 5.91 Å². The molecule has 3 rings (SSSR count). The third-order valence-corrected chi connectivity index (χ3v) is 3.02. The second-order valence-corrected chi connectivity index (χ2v) is 4.16. The molecule has 88 valence electrons. The highest BCUT2D eigenvalue weighted by Gasteiger charge is 2.20. The molecule has 17 heavy (non-hydrogen) atoms. The second-order valence-electron chi connectivity index (χ2n) is 4.16. The predicted molar refractivity (Wildman–Crippen MR) is 61.3 cm³/mol. The Bertz CT molecular complexity index is 510. The molecule has 2 aromatic rings. The number of carbonyl (C=O) groups is 1. The summed E-state index contributed by atoms with van der Waals surface area (Å²) in [4.78, 5) is 17.0. The van der Waals surface area contributed by atoms with Gasteiger partial charge in [0.05, 0.1) is 6.20 Å². The number of amides is 1. The quantitative estimate of drug-likeness (QED) is 0.810. The molecular formula is C11H13N5O. The lowest BCUT2D eigenvalue weighted by Crippen LogP contribution is -2.27. The van der Waals surface area contributed by atoms with E-state index >= 15 is 0 Å². The van der Waals surface area contributed by atoms with E-state index in [1.165, 1.54) is 0 Å². The molecule has 2 N–H and O–H groups in total. The lowest BCUT2D eigenvalue weighted by molar-refractivity contribution is 0.0788. The number of nitrogens with zero attached hydrogens (tertiary/aromatic N) is 3. The Morgan fingerprint density at radius 2 is 2.18 bits per heavy atom. The molecule has 1 amide bonds. The van der Waals surface area contributed by atoms with Crippen LogP contribution in [0.3, 0.4) is 0 Å². The van der Waals surface area contributed by atoms with Crippen molar-refractivity contribution < 1.29 is 4.79 Å². The largest absolute Gasteiger partial charge is 0.357 e. The summed E-state index contributed by atoms with van der Waals surface area (Å²) in [5, 5.41) is 10.3. The number of aromatic amines is 2. The van der Waals surface area contributed by atoms with Gasteiger partial charge in [0, 0.05) is 24.8 Å². The molecule has 2 aromatic heterocycles. The van der Waals surface area contributed by atoms with Gasteiger partial charge < -0.3 is 9.88 Å². The van der Waals surface area contributed by atoms with Crippen LogP contribution in [0.25, 0.3) is 11.3 Å². The average Bonchev–Trinajstić information content (AvgIpc) is 3.09. The number of likely N-dealkylation sites (tertiary alicyclic amines) is 1. The summed E-state index contributed by atoms with van der Waals surface area (Å²) >= 11 is 0. The van der Waals surface area contributed by atoms with Crippen molar-refractivity contribution in [2.24, 2.45) is 0 Å². The van der Waals surface area contributed by atoms with E-state index in [0.717, 1.165) is 37.2 Å². The van der Waals surface area contributed by atoms with Gasteiger partial charge in [0.2, 0.25) is 0 Å². The van der Waals surface area contributed by atoms with E-state index in [1.54, 1.807) is 12.4 Å². The molecule has 1 aliphatic heterocycles. The fourth-order valence-corrected chi connectivity index (χ4v) is 2.10. The standard InChI is InChI=1S/C11H13N5O/c17-11(16-3-1-2-4-16)9-5-8(6-12-9)10-7-13-15-14-10/h5-7,12H,1-4H2,(H,13,14,15). The van der Waals surface area contributed by atoms with E-state index < -0.39 is 0 Å². The zero-order valence-electron chi connectivity index (χ0n) is 9.31. The monoisotopic (exact) mass is 231 g/mol. The van der Waals surface area contributed by atoms with Crippen LogP contribution in [-0.2, 0) is 0 Å². The van der Waals surface area contributed by atoms with E-state index in [9.17, 15) is 4.79 Å². The lowest BCUT2D eigenvalue weighted by atomic mass is 10.2. The molecule has 1 fully saturated rings. The van der Waals surface area contributed by atoms with Crippen molar-refractivity contribution in [2.45, 2.75) is 12.8 Å². The maximum Gasteiger partial charge on any atom is 0.270 e. The summed E-state index contributed by atoms with van der Waals surface area (Å²) < 4.78 is 0. The molecule has 1 aliphatic rings. The first-order valence-electron chi connectivity index (χ1n) is 5.68. The van der Waals surface area contributed by atoms with Gasteiger partial charge in [-0.05, 0) is 18.9 Å². The van der Waals surface area contributed by atoms with E-state index in [-0.39, 0.29) is 5.91 Å². The normalized spacial score (nSPS) is 15.4. The molecule has 0 radical (unpaired) electrons. The van der Waals surface area contributed by atoms with Gasteiger partial charge in [-0.3, -0.25) is 4.79 Å². The molecular weight excluding hydrogens is 218 g/mol. The molecule has 1 saturated heterocycles. The fraction of sp³-hybridized carbons (Fsp3) is 0.364. The molecule has 0 bridgehead atoms. The van der Waals surface area contributed by atoms with Crippen LogP contribution >= 0.6 is 0 Å². The van der Waals surface area contributed by atoms with Crippen LogP contribution in [0, 0.1) is 0 Å². The molecule has 0 aliphatic carbocycles. The number of hydrogen-bond donors (Lipinski definition) is 2. The summed E-state index contributed by atoms with van der Waals surface area (Å²) in [5.74, 6) is 0.0669. The van der Waals surface area contributed by atoms with Crippen LogP contribution in [0.15, 0.2) is 18.5 Å². The zero-order chi connectivity index (χ0) is 11.7. The van der Waals surface area contributed by atoms with Crippen LogP contribution in [0.4, 0.5) is 0 Å². The zero-order valence-corrected chi connectivity index (χ0v) is 9.31. The van der Waals surface area contributed by atoms with E-state index in [4.69, 9.17) is 0 Å². The van der Waals surface area contributed by atoms with Crippen molar-refractivity contribution in [3.8, 4) is 11.3 Å². The highest BCUT2D eigenvalue weighted by atomic mass is 16.2. The van der Waals surface area contributed by atoms with Crippen LogP contribution in [0.5, 0.6) is 0 Å². The van der Waals surface area contributed by atoms with Crippen molar-refractivity contribution in [3.05, 3.63) is 24.2 Å². The maximum atomic E-state index is 12.1. The first-order valence-corrected chi connectivity index (χ1v) is 5.68. The van der Waals surface area contributed by atoms with Crippen molar-refractivity contribution in [1.29, 1.82) is 0 Å². The Morgan fingerprint density at radius 3 is 2.88 bits per heavy atom. The van der Waals surface area contributed by atoms with Gasteiger partial charge in [0.1, 0.15) is 11.4 Å². The number of carbonyl (C=O) groups excluding carboxylic acids is 1. The van der Waals surface area contributed by atoms with Crippen molar-refractivity contribution in [2.75, 3.05) is 13.1 Å². The van der Waals surface area contributed by atoms with Gasteiger partial charge in [0.25, 0.3) is 5.91 Å². The Morgan fingerprint density at radius 1 is 1.35 bits per heavy atom. The van der Waals surface area contributed by atoms with Crippen molar-refractivity contribution in [3.63, 3.8) is 0 Å². The molecule has 0 spiro atoms. The Hall–Kier alpha value is -2.11. The van der Waals surface area contributed by atoms with Gasteiger partial charge in [0.15, 0.2) is 0 Å². The molecule has 0 saturated carbocycles. The Labute approximate surface area is 98.0 Å². The minimum Gasteiger partial charge on any atom is -0.357 e. The SMILES string of the molecule is O=C(c1cc(-c2cn[nH]n2)c[nH]1)N1CCCC1. The minimum absolute atomic E-state index is 0.0669. The number of nitrogens with one attached hydrogen (secondary N) is 2.